The Hall–Kier alpha value is -2.18. The Kier molecular flexibility index (Phi) is 4.67. The monoisotopic (exact) mass is 345 g/mol. The first-order valence-electron chi connectivity index (χ1n) is 9.00. The molecule has 7 nitrogen and oxygen atoms in total. The summed E-state index contributed by atoms with van der Waals surface area (Å²) in [5.41, 5.74) is 0.131. The summed E-state index contributed by atoms with van der Waals surface area (Å²) in [5.74, 6) is 1.43. The van der Waals surface area contributed by atoms with Gasteiger partial charge in [0.15, 0.2) is 11.5 Å². The van der Waals surface area contributed by atoms with Crippen molar-refractivity contribution in [2.24, 2.45) is 5.41 Å². The van der Waals surface area contributed by atoms with E-state index in [1.165, 1.54) is 0 Å². The van der Waals surface area contributed by atoms with Gasteiger partial charge in [-0.05, 0) is 31.9 Å². The first kappa shape index (κ1) is 17.6. The summed E-state index contributed by atoms with van der Waals surface area (Å²) in [4.78, 5) is 12.4. The molecule has 2 aromatic heterocycles. The molecule has 1 aliphatic carbocycles. The van der Waals surface area contributed by atoms with Crippen molar-refractivity contribution >= 4 is 17.4 Å². The van der Waals surface area contributed by atoms with Crippen LogP contribution in [0.15, 0.2) is 12.1 Å². The zero-order valence-corrected chi connectivity index (χ0v) is 15.5. The molecule has 0 aliphatic heterocycles. The van der Waals surface area contributed by atoms with Gasteiger partial charge < -0.3 is 10.1 Å². The Morgan fingerprint density at radius 2 is 2.00 bits per heavy atom. The smallest absolute Gasteiger partial charge is 0.313 e. The average Bonchev–Trinajstić information content (AvgIpc) is 3.20. The molecule has 3 rings (SSSR count). The number of rotatable bonds is 5. The lowest BCUT2D eigenvalue weighted by molar-refractivity contribution is -0.154. The van der Waals surface area contributed by atoms with E-state index in [0.29, 0.717) is 19.0 Å². The molecule has 1 fully saturated rings. The minimum atomic E-state index is -0.438. The summed E-state index contributed by atoms with van der Waals surface area (Å²) in [5, 5.41) is 16.4. The van der Waals surface area contributed by atoms with Crippen molar-refractivity contribution < 1.29 is 9.53 Å². The Morgan fingerprint density at radius 1 is 1.28 bits per heavy atom. The van der Waals surface area contributed by atoms with Crippen LogP contribution in [0.3, 0.4) is 0 Å². The van der Waals surface area contributed by atoms with Crippen molar-refractivity contribution in [1.82, 2.24) is 19.8 Å². The lowest BCUT2D eigenvalue weighted by Gasteiger charge is -2.26. The highest BCUT2D eigenvalue weighted by atomic mass is 16.5. The highest BCUT2D eigenvalue weighted by Crippen LogP contribution is 2.39. The lowest BCUT2D eigenvalue weighted by atomic mass is 9.86. The third-order valence-electron chi connectivity index (χ3n) is 4.81. The third-order valence-corrected chi connectivity index (χ3v) is 4.81. The number of ether oxygens (including phenoxy) is 1. The van der Waals surface area contributed by atoms with E-state index in [4.69, 9.17) is 4.74 Å². The molecule has 0 saturated heterocycles. The van der Waals surface area contributed by atoms with Crippen LogP contribution in [-0.2, 0) is 14.9 Å². The topological polar surface area (TPSA) is 81.4 Å². The van der Waals surface area contributed by atoms with Gasteiger partial charge in [0.2, 0.25) is 0 Å². The second kappa shape index (κ2) is 6.61. The van der Waals surface area contributed by atoms with E-state index < -0.39 is 5.41 Å². The molecule has 0 aromatic carbocycles. The molecular weight excluding hydrogens is 318 g/mol. The summed E-state index contributed by atoms with van der Waals surface area (Å²) in [6, 6.07) is 3.77. The molecular formula is C18H27N5O2. The lowest BCUT2D eigenvalue weighted by Crippen LogP contribution is -2.37. The van der Waals surface area contributed by atoms with Gasteiger partial charge in [0.25, 0.3) is 0 Å². The van der Waals surface area contributed by atoms with Gasteiger partial charge in [-0.2, -0.15) is 4.52 Å². The normalized spacial score (nSPS) is 17.0. The molecule has 0 unspecified atom stereocenters. The molecule has 0 radical (unpaired) electrons. The van der Waals surface area contributed by atoms with Crippen molar-refractivity contribution in [3.8, 4) is 0 Å². The SMILES string of the molecule is CCOC(=O)C1(CNc2ccc3nnc(C(C)(C)C)n3n2)CCCC1. The van der Waals surface area contributed by atoms with Gasteiger partial charge in [0, 0.05) is 12.0 Å². The second-order valence-corrected chi connectivity index (χ2v) is 7.82. The van der Waals surface area contributed by atoms with E-state index in [1.54, 1.807) is 4.52 Å². The molecule has 7 heteroatoms. The van der Waals surface area contributed by atoms with Crippen molar-refractivity contribution in [3.63, 3.8) is 0 Å². The fourth-order valence-electron chi connectivity index (χ4n) is 3.40. The van der Waals surface area contributed by atoms with Gasteiger partial charge in [-0.15, -0.1) is 15.3 Å². The van der Waals surface area contributed by atoms with Crippen LogP contribution in [-0.4, -0.2) is 38.9 Å². The molecule has 1 aliphatic rings. The molecule has 136 valence electrons. The first-order valence-corrected chi connectivity index (χ1v) is 9.00. The van der Waals surface area contributed by atoms with Gasteiger partial charge in [-0.3, -0.25) is 4.79 Å². The standard InChI is InChI=1S/C18H27N5O2/c1-5-25-16(24)18(10-6-7-11-18)12-19-13-8-9-14-20-21-15(17(2,3)4)23(14)22-13/h8-9H,5-7,10-12H2,1-4H3,(H,19,22). The van der Waals surface area contributed by atoms with E-state index in [-0.39, 0.29) is 11.4 Å². The minimum absolute atomic E-state index is 0.0965. The predicted octanol–water partition coefficient (Wildman–Crippen LogP) is 2.96. The number of carbonyl (C=O) groups excluding carboxylic acids is 1. The van der Waals surface area contributed by atoms with E-state index in [1.807, 2.05) is 19.1 Å². The number of fused-ring (bicyclic) bond motifs is 1. The van der Waals surface area contributed by atoms with Crippen LogP contribution < -0.4 is 5.32 Å². The van der Waals surface area contributed by atoms with Crippen LogP contribution in [0.25, 0.3) is 5.65 Å². The van der Waals surface area contributed by atoms with Crippen molar-refractivity contribution in [2.75, 3.05) is 18.5 Å². The van der Waals surface area contributed by atoms with Gasteiger partial charge in [0.05, 0.1) is 12.0 Å². The van der Waals surface area contributed by atoms with Crippen molar-refractivity contribution in [2.45, 2.75) is 58.8 Å². The second-order valence-electron chi connectivity index (χ2n) is 7.82. The number of anilines is 1. The molecule has 0 atom stereocenters. The maximum Gasteiger partial charge on any atom is 0.313 e. The van der Waals surface area contributed by atoms with E-state index in [0.717, 1.165) is 37.2 Å². The quantitative estimate of drug-likeness (QED) is 0.839. The Labute approximate surface area is 148 Å². The Morgan fingerprint density at radius 3 is 2.64 bits per heavy atom. The summed E-state index contributed by atoms with van der Waals surface area (Å²) < 4.78 is 7.09. The molecule has 25 heavy (non-hydrogen) atoms. The molecule has 0 bridgehead atoms. The van der Waals surface area contributed by atoms with E-state index >= 15 is 0 Å². The molecule has 0 amide bonds. The van der Waals surface area contributed by atoms with Crippen molar-refractivity contribution in [1.29, 1.82) is 0 Å². The van der Waals surface area contributed by atoms with Gasteiger partial charge in [-0.25, -0.2) is 0 Å². The van der Waals surface area contributed by atoms with Crippen LogP contribution in [0.1, 0.15) is 59.2 Å². The van der Waals surface area contributed by atoms with Crippen molar-refractivity contribution in [3.05, 3.63) is 18.0 Å². The number of nitrogens with zero attached hydrogens (tertiary/aromatic N) is 4. The Bertz CT molecular complexity index is 756. The highest BCUT2D eigenvalue weighted by molar-refractivity contribution is 5.78. The Balaban J connectivity index is 1.81. The fraction of sp³-hybridized carbons (Fsp3) is 0.667. The number of aromatic nitrogens is 4. The minimum Gasteiger partial charge on any atom is -0.466 e. The summed E-state index contributed by atoms with van der Waals surface area (Å²) in [6.45, 7) is 9.06. The van der Waals surface area contributed by atoms with Gasteiger partial charge >= 0.3 is 5.97 Å². The zero-order valence-electron chi connectivity index (χ0n) is 15.5. The van der Waals surface area contributed by atoms with E-state index in [2.05, 4.69) is 41.4 Å². The molecule has 2 heterocycles. The zero-order chi connectivity index (χ0) is 18.1. The van der Waals surface area contributed by atoms with Crippen LogP contribution >= 0.6 is 0 Å². The first-order chi connectivity index (χ1) is 11.9. The summed E-state index contributed by atoms with van der Waals surface area (Å²) >= 11 is 0. The summed E-state index contributed by atoms with van der Waals surface area (Å²) in [6.07, 6.45) is 3.85. The average molecular weight is 345 g/mol. The maximum atomic E-state index is 12.4. The van der Waals surface area contributed by atoms with Crippen LogP contribution in [0.5, 0.6) is 0 Å². The fourth-order valence-corrected chi connectivity index (χ4v) is 3.40. The van der Waals surface area contributed by atoms with Gasteiger partial charge in [-0.1, -0.05) is 33.6 Å². The predicted molar refractivity (Wildman–Crippen MR) is 95.5 cm³/mol. The van der Waals surface area contributed by atoms with E-state index in [9.17, 15) is 4.79 Å². The molecule has 2 aromatic rings. The molecule has 0 spiro atoms. The number of nitrogens with one attached hydrogen (secondary N) is 1. The van der Waals surface area contributed by atoms with Crippen LogP contribution in [0, 0.1) is 5.41 Å². The third kappa shape index (κ3) is 3.45. The molecule has 1 N–H and O–H groups in total. The number of hydrogen-bond donors (Lipinski definition) is 1. The number of hydrogen-bond acceptors (Lipinski definition) is 6. The summed E-state index contributed by atoms with van der Waals surface area (Å²) in [7, 11) is 0. The highest BCUT2D eigenvalue weighted by Gasteiger charge is 2.42. The largest absolute Gasteiger partial charge is 0.466 e. The van der Waals surface area contributed by atoms with Crippen LogP contribution in [0.4, 0.5) is 5.82 Å². The number of carbonyl (C=O) groups is 1. The maximum absolute atomic E-state index is 12.4. The van der Waals surface area contributed by atoms with Crippen LogP contribution in [0.2, 0.25) is 0 Å². The number of esters is 1. The van der Waals surface area contributed by atoms with Gasteiger partial charge in [0.1, 0.15) is 5.82 Å². The molecule has 1 saturated carbocycles.